The predicted octanol–water partition coefficient (Wildman–Crippen LogP) is 4.26. The number of amides is 2. The van der Waals surface area contributed by atoms with Gasteiger partial charge in [-0.15, -0.1) is 0 Å². The number of carbonyl (C=O) groups is 2. The van der Waals surface area contributed by atoms with E-state index in [1.165, 1.54) is 12.3 Å². The maximum Gasteiger partial charge on any atom is 0.268 e. The van der Waals surface area contributed by atoms with Crippen LogP contribution in [0.5, 0.6) is 11.5 Å². The molecule has 0 aliphatic heterocycles. The number of hydrogen-bond acceptors (Lipinski definition) is 5. The molecule has 2 amide bonds. The highest BCUT2D eigenvalue weighted by molar-refractivity contribution is 6.05. The lowest BCUT2D eigenvalue weighted by molar-refractivity contribution is -0.118. The van der Waals surface area contributed by atoms with Crippen LogP contribution in [0.25, 0.3) is 6.08 Å². The maximum atomic E-state index is 13.3. The van der Waals surface area contributed by atoms with Gasteiger partial charge in [-0.2, -0.15) is 0 Å². The molecule has 0 spiro atoms. The predicted molar refractivity (Wildman–Crippen MR) is 124 cm³/mol. The van der Waals surface area contributed by atoms with Crippen LogP contribution in [0.4, 0.5) is 0 Å². The van der Waals surface area contributed by atoms with E-state index in [0.29, 0.717) is 17.1 Å². The van der Waals surface area contributed by atoms with Crippen molar-refractivity contribution < 1.29 is 23.5 Å². The normalized spacial score (nSPS) is 15.3. The van der Waals surface area contributed by atoms with Gasteiger partial charge in [0.05, 0.1) is 26.5 Å². The second kappa shape index (κ2) is 10.1. The van der Waals surface area contributed by atoms with Gasteiger partial charge in [0, 0.05) is 11.6 Å². The van der Waals surface area contributed by atoms with Crippen molar-refractivity contribution in [2.24, 2.45) is 0 Å². The topological polar surface area (TPSA) is 89.8 Å². The van der Waals surface area contributed by atoms with Gasteiger partial charge in [0.1, 0.15) is 23.0 Å². The van der Waals surface area contributed by atoms with Crippen LogP contribution < -0.4 is 20.1 Å². The molecule has 7 heteroatoms. The molecule has 2 aromatic carbocycles. The molecule has 0 fully saturated rings. The molecule has 170 valence electrons. The molecule has 0 radical (unpaired) electrons. The van der Waals surface area contributed by atoms with Crippen molar-refractivity contribution in [3.63, 3.8) is 0 Å². The zero-order valence-corrected chi connectivity index (χ0v) is 18.6. The minimum Gasteiger partial charge on any atom is -0.497 e. The largest absolute Gasteiger partial charge is 0.497 e. The van der Waals surface area contributed by atoms with Crippen molar-refractivity contribution >= 4 is 17.9 Å². The Balaban J connectivity index is 1.55. The van der Waals surface area contributed by atoms with Gasteiger partial charge in [-0.1, -0.05) is 6.07 Å². The fraction of sp³-hybridized carbons (Fsp3) is 0.231. The summed E-state index contributed by atoms with van der Waals surface area (Å²) in [5, 5.41) is 5.81. The van der Waals surface area contributed by atoms with E-state index >= 15 is 0 Å². The molecule has 3 aromatic rings. The Morgan fingerprint density at radius 3 is 2.48 bits per heavy atom. The Morgan fingerprint density at radius 2 is 1.79 bits per heavy atom. The van der Waals surface area contributed by atoms with Gasteiger partial charge in [-0.25, -0.2) is 0 Å². The number of nitrogens with one attached hydrogen (secondary N) is 2. The van der Waals surface area contributed by atoms with Gasteiger partial charge in [0.25, 0.3) is 11.8 Å². The van der Waals surface area contributed by atoms with Gasteiger partial charge in [0.15, 0.2) is 0 Å². The average molecular weight is 447 g/mol. The molecular formula is C26H26N2O5. The van der Waals surface area contributed by atoms with Gasteiger partial charge >= 0.3 is 0 Å². The monoisotopic (exact) mass is 446 g/mol. The summed E-state index contributed by atoms with van der Waals surface area (Å²) in [7, 11) is 3.20. The standard InChI is InChI=1S/C26H26N2O5/c1-31-19-10-8-17(9-11-19)25(29)28-24(16-21-6-4-14-33-21)26(30)27-23-7-3-5-18-15-20(32-2)12-13-22(18)23/h4,6,8-16,23H,3,5,7H2,1-2H3,(H,27,30)(H,28,29)/b24-16-/t23-/m0/s1. The summed E-state index contributed by atoms with van der Waals surface area (Å²) in [5.41, 5.74) is 2.73. The second-order valence-electron chi connectivity index (χ2n) is 7.74. The number of carbonyl (C=O) groups excluding carboxylic acids is 2. The van der Waals surface area contributed by atoms with E-state index in [4.69, 9.17) is 13.9 Å². The van der Waals surface area contributed by atoms with E-state index in [0.717, 1.165) is 36.1 Å². The maximum absolute atomic E-state index is 13.3. The lowest BCUT2D eigenvalue weighted by atomic mass is 9.87. The molecule has 0 saturated heterocycles. The first-order chi connectivity index (χ1) is 16.1. The van der Waals surface area contributed by atoms with E-state index < -0.39 is 5.91 Å². The lowest BCUT2D eigenvalue weighted by Gasteiger charge is -2.27. The van der Waals surface area contributed by atoms with Crippen LogP contribution in [0.2, 0.25) is 0 Å². The molecule has 0 bridgehead atoms. The van der Waals surface area contributed by atoms with Crippen molar-refractivity contribution in [2.45, 2.75) is 25.3 Å². The SMILES string of the molecule is COc1ccc(C(=O)N/C(=C\c2ccco2)C(=O)N[C@H]2CCCc3cc(OC)ccc32)cc1. The third kappa shape index (κ3) is 5.26. The van der Waals surface area contributed by atoms with Gasteiger partial charge in [-0.3, -0.25) is 9.59 Å². The molecule has 0 saturated carbocycles. The summed E-state index contributed by atoms with van der Waals surface area (Å²) in [6, 6.07) is 15.8. The third-order valence-corrected chi connectivity index (χ3v) is 5.64. The number of hydrogen-bond donors (Lipinski definition) is 2. The Labute approximate surface area is 192 Å². The van der Waals surface area contributed by atoms with Crippen molar-refractivity contribution in [2.75, 3.05) is 14.2 Å². The van der Waals surface area contributed by atoms with Gasteiger partial charge in [-0.05, 0) is 78.9 Å². The van der Waals surface area contributed by atoms with Crippen LogP contribution in [0.3, 0.4) is 0 Å². The Morgan fingerprint density at radius 1 is 1.03 bits per heavy atom. The van der Waals surface area contributed by atoms with E-state index in [2.05, 4.69) is 10.6 Å². The van der Waals surface area contributed by atoms with E-state index in [1.807, 2.05) is 18.2 Å². The lowest BCUT2D eigenvalue weighted by Crippen LogP contribution is -2.37. The summed E-state index contributed by atoms with van der Waals surface area (Å²) >= 11 is 0. The Bertz CT molecular complexity index is 1150. The quantitative estimate of drug-likeness (QED) is 0.530. The van der Waals surface area contributed by atoms with Crippen molar-refractivity contribution in [3.05, 3.63) is 89.0 Å². The van der Waals surface area contributed by atoms with Crippen LogP contribution in [-0.4, -0.2) is 26.0 Å². The molecule has 4 rings (SSSR count). The smallest absolute Gasteiger partial charge is 0.268 e. The van der Waals surface area contributed by atoms with Crippen LogP contribution in [0.1, 0.15) is 46.1 Å². The summed E-state index contributed by atoms with van der Waals surface area (Å²) in [4.78, 5) is 26.1. The van der Waals surface area contributed by atoms with Crippen molar-refractivity contribution in [3.8, 4) is 11.5 Å². The highest BCUT2D eigenvalue weighted by atomic mass is 16.5. The number of benzene rings is 2. The average Bonchev–Trinajstić information content (AvgIpc) is 3.36. The summed E-state index contributed by atoms with van der Waals surface area (Å²) in [6.07, 6.45) is 5.72. The Hall–Kier alpha value is -4.00. The van der Waals surface area contributed by atoms with Crippen LogP contribution >= 0.6 is 0 Å². The van der Waals surface area contributed by atoms with Crippen molar-refractivity contribution in [1.29, 1.82) is 0 Å². The molecule has 33 heavy (non-hydrogen) atoms. The molecule has 1 atom stereocenters. The Kier molecular flexibility index (Phi) is 6.78. The summed E-state index contributed by atoms with van der Waals surface area (Å²) < 4.78 is 15.8. The number of furan rings is 1. The number of ether oxygens (including phenoxy) is 2. The first-order valence-electron chi connectivity index (χ1n) is 10.8. The van der Waals surface area contributed by atoms with Gasteiger partial charge in [0.2, 0.25) is 0 Å². The highest BCUT2D eigenvalue weighted by Crippen LogP contribution is 2.32. The van der Waals surface area contributed by atoms with E-state index in [1.54, 1.807) is 50.6 Å². The first kappa shape index (κ1) is 22.2. The molecule has 1 heterocycles. The highest BCUT2D eigenvalue weighted by Gasteiger charge is 2.24. The molecule has 1 aromatic heterocycles. The number of fused-ring (bicyclic) bond motifs is 1. The first-order valence-corrected chi connectivity index (χ1v) is 10.8. The third-order valence-electron chi connectivity index (χ3n) is 5.64. The molecule has 7 nitrogen and oxygen atoms in total. The summed E-state index contributed by atoms with van der Waals surface area (Å²) in [6.45, 7) is 0. The number of methoxy groups -OCH3 is 2. The van der Waals surface area contributed by atoms with Gasteiger partial charge < -0.3 is 24.5 Å². The minimum atomic E-state index is -0.403. The van der Waals surface area contributed by atoms with Crippen LogP contribution in [-0.2, 0) is 11.2 Å². The number of aryl methyl sites for hydroxylation is 1. The van der Waals surface area contributed by atoms with E-state index in [-0.39, 0.29) is 17.6 Å². The molecular weight excluding hydrogens is 420 g/mol. The second-order valence-corrected chi connectivity index (χ2v) is 7.74. The molecule has 2 N–H and O–H groups in total. The van der Waals surface area contributed by atoms with Crippen LogP contribution in [0.15, 0.2) is 71.0 Å². The van der Waals surface area contributed by atoms with E-state index in [9.17, 15) is 9.59 Å². The fourth-order valence-corrected chi connectivity index (χ4v) is 3.91. The van der Waals surface area contributed by atoms with Crippen molar-refractivity contribution in [1.82, 2.24) is 10.6 Å². The molecule has 1 aliphatic rings. The summed E-state index contributed by atoms with van der Waals surface area (Å²) in [5.74, 6) is 1.11. The fourth-order valence-electron chi connectivity index (χ4n) is 3.91. The number of rotatable bonds is 7. The zero-order valence-electron chi connectivity index (χ0n) is 18.6. The van der Waals surface area contributed by atoms with Crippen LogP contribution in [0, 0.1) is 0 Å². The molecule has 0 unspecified atom stereocenters. The molecule has 1 aliphatic carbocycles. The minimum absolute atomic E-state index is 0.103. The zero-order chi connectivity index (χ0) is 23.2.